The maximum Gasteiger partial charge on any atom is 0.309 e. The van der Waals surface area contributed by atoms with E-state index >= 15 is 0 Å². The Hall–Kier alpha value is -1.65. The number of hydrogen-bond acceptors (Lipinski definition) is 3. The van der Waals surface area contributed by atoms with Gasteiger partial charge in [-0.3, -0.25) is 9.69 Å². The van der Waals surface area contributed by atoms with Crippen LogP contribution in [-0.4, -0.2) is 24.0 Å². The van der Waals surface area contributed by atoms with Gasteiger partial charge in [0.2, 0.25) is 0 Å². The van der Waals surface area contributed by atoms with E-state index in [1.54, 1.807) is 0 Å². The molecule has 3 nitrogen and oxygen atoms in total. The molecule has 0 radical (unpaired) electrons. The van der Waals surface area contributed by atoms with Gasteiger partial charge in [0.05, 0.1) is 12.5 Å². The normalized spacial score (nSPS) is 12.2. The third-order valence-electron chi connectivity index (χ3n) is 3.82. The number of ether oxygens (including phenoxy) is 1. The van der Waals surface area contributed by atoms with Crippen LogP contribution in [0.2, 0.25) is 0 Å². The second-order valence-electron chi connectivity index (χ2n) is 5.90. The molecule has 0 aliphatic carbocycles. The Balaban J connectivity index is 2.11. The number of carbonyl (C=O) groups is 1. The Bertz CT molecular complexity index is 645. The van der Waals surface area contributed by atoms with E-state index in [-0.39, 0.29) is 11.9 Å². The lowest BCUT2D eigenvalue weighted by Crippen LogP contribution is -2.32. The molecule has 0 N–H and O–H groups in total. The van der Waals surface area contributed by atoms with Crippen molar-refractivity contribution < 1.29 is 9.53 Å². The maximum absolute atomic E-state index is 12.0. The molecular weight excluding hydrogens is 366 g/mol. The first kappa shape index (κ1) is 18.7. The number of nitrogens with zero attached hydrogens (tertiary/aromatic N) is 1. The molecule has 0 heterocycles. The highest BCUT2D eigenvalue weighted by molar-refractivity contribution is 9.10. The van der Waals surface area contributed by atoms with Gasteiger partial charge in [-0.2, -0.15) is 0 Å². The molecule has 0 aromatic heterocycles. The fraction of sp³-hybridized carbons (Fsp3) is 0.350. The van der Waals surface area contributed by atoms with Gasteiger partial charge in [0.25, 0.3) is 0 Å². The predicted molar refractivity (Wildman–Crippen MR) is 100 cm³/mol. The molecule has 128 valence electrons. The van der Waals surface area contributed by atoms with Crippen molar-refractivity contribution in [1.29, 1.82) is 0 Å². The number of halogens is 1. The summed E-state index contributed by atoms with van der Waals surface area (Å²) in [6.45, 7) is 6.43. The van der Waals surface area contributed by atoms with E-state index in [4.69, 9.17) is 4.74 Å². The zero-order valence-electron chi connectivity index (χ0n) is 14.2. The van der Waals surface area contributed by atoms with Crippen molar-refractivity contribution in [3.63, 3.8) is 0 Å². The van der Waals surface area contributed by atoms with Crippen LogP contribution < -0.4 is 0 Å². The van der Waals surface area contributed by atoms with E-state index in [1.165, 1.54) is 11.1 Å². The van der Waals surface area contributed by atoms with E-state index in [0.29, 0.717) is 13.2 Å². The number of benzene rings is 2. The highest BCUT2D eigenvalue weighted by Gasteiger charge is 2.19. The fourth-order valence-corrected chi connectivity index (χ4v) is 3.05. The van der Waals surface area contributed by atoms with Crippen molar-refractivity contribution >= 4 is 21.9 Å². The molecule has 24 heavy (non-hydrogen) atoms. The first-order chi connectivity index (χ1) is 11.6. The van der Waals surface area contributed by atoms with Crippen molar-refractivity contribution in [2.75, 3.05) is 13.2 Å². The summed E-state index contributed by atoms with van der Waals surface area (Å²) < 4.78 is 6.24. The van der Waals surface area contributed by atoms with E-state index in [9.17, 15) is 4.79 Å². The second kappa shape index (κ2) is 9.60. The molecule has 1 atom stereocenters. The Morgan fingerprint density at radius 2 is 1.75 bits per heavy atom. The van der Waals surface area contributed by atoms with Crippen molar-refractivity contribution in [1.82, 2.24) is 4.90 Å². The average Bonchev–Trinajstić information content (AvgIpc) is 2.58. The Morgan fingerprint density at radius 1 is 1.08 bits per heavy atom. The van der Waals surface area contributed by atoms with Crippen molar-refractivity contribution in [3.8, 4) is 0 Å². The van der Waals surface area contributed by atoms with Crippen LogP contribution in [0, 0.1) is 5.92 Å². The minimum atomic E-state index is -0.156. The summed E-state index contributed by atoms with van der Waals surface area (Å²) in [6, 6.07) is 18.5. The van der Waals surface area contributed by atoms with Gasteiger partial charge in [-0.25, -0.2) is 0 Å². The summed E-state index contributed by atoms with van der Waals surface area (Å²) in [4.78, 5) is 14.3. The SMILES string of the molecule is CCOC(=O)C(C)CN(Cc1ccccc1)Cc1ccccc1Br. The Labute approximate surface area is 152 Å². The third-order valence-corrected chi connectivity index (χ3v) is 4.60. The van der Waals surface area contributed by atoms with Crippen LogP contribution in [0.5, 0.6) is 0 Å². The molecule has 2 rings (SSSR count). The predicted octanol–water partition coefficient (Wildman–Crippen LogP) is 4.65. The van der Waals surface area contributed by atoms with E-state index in [2.05, 4.69) is 39.0 Å². The van der Waals surface area contributed by atoms with E-state index in [1.807, 2.05) is 50.2 Å². The minimum Gasteiger partial charge on any atom is -0.466 e. The van der Waals surface area contributed by atoms with Crippen LogP contribution in [0.25, 0.3) is 0 Å². The van der Waals surface area contributed by atoms with Gasteiger partial charge in [0.15, 0.2) is 0 Å². The molecule has 0 aliphatic rings. The van der Waals surface area contributed by atoms with Gasteiger partial charge >= 0.3 is 5.97 Å². The molecule has 2 aromatic carbocycles. The standard InChI is InChI=1S/C20H24BrNO2/c1-3-24-20(23)16(2)13-22(14-17-9-5-4-6-10-17)15-18-11-7-8-12-19(18)21/h4-12,16H,3,13-15H2,1-2H3. The molecular formula is C20H24BrNO2. The van der Waals surface area contributed by atoms with Crippen LogP contribution in [0.1, 0.15) is 25.0 Å². The molecule has 0 bridgehead atoms. The highest BCUT2D eigenvalue weighted by Crippen LogP contribution is 2.20. The number of rotatable bonds is 8. The highest BCUT2D eigenvalue weighted by atomic mass is 79.9. The maximum atomic E-state index is 12.0. The Morgan fingerprint density at radius 3 is 2.42 bits per heavy atom. The zero-order valence-corrected chi connectivity index (χ0v) is 15.8. The summed E-state index contributed by atoms with van der Waals surface area (Å²) in [5.41, 5.74) is 2.45. The van der Waals surface area contributed by atoms with Crippen LogP contribution in [0.15, 0.2) is 59.1 Å². The van der Waals surface area contributed by atoms with Crippen LogP contribution in [-0.2, 0) is 22.6 Å². The summed E-state index contributed by atoms with van der Waals surface area (Å²) in [5, 5.41) is 0. The van der Waals surface area contributed by atoms with Crippen molar-refractivity contribution in [3.05, 3.63) is 70.2 Å². The number of esters is 1. The lowest BCUT2D eigenvalue weighted by atomic mass is 10.1. The average molecular weight is 390 g/mol. The number of hydrogen-bond donors (Lipinski definition) is 0. The van der Waals surface area contributed by atoms with Crippen LogP contribution in [0.3, 0.4) is 0 Å². The molecule has 0 spiro atoms. The van der Waals surface area contributed by atoms with Gasteiger partial charge in [-0.05, 0) is 24.1 Å². The van der Waals surface area contributed by atoms with Crippen molar-refractivity contribution in [2.45, 2.75) is 26.9 Å². The van der Waals surface area contributed by atoms with E-state index in [0.717, 1.165) is 17.6 Å². The van der Waals surface area contributed by atoms with Gasteiger partial charge in [-0.1, -0.05) is 71.4 Å². The smallest absolute Gasteiger partial charge is 0.309 e. The largest absolute Gasteiger partial charge is 0.466 e. The molecule has 0 saturated carbocycles. The molecule has 0 aliphatic heterocycles. The number of carbonyl (C=O) groups excluding carboxylic acids is 1. The summed E-state index contributed by atoms with van der Waals surface area (Å²) >= 11 is 3.61. The molecule has 0 saturated heterocycles. The Kier molecular flexibility index (Phi) is 7.47. The third kappa shape index (κ3) is 5.77. The molecule has 0 fully saturated rings. The molecule has 2 aromatic rings. The first-order valence-electron chi connectivity index (χ1n) is 8.26. The molecule has 1 unspecified atom stereocenters. The minimum absolute atomic E-state index is 0.136. The van der Waals surface area contributed by atoms with Gasteiger partial charge in [0.1, 0.15) is 0 Å². The lowest BCUT2D eigenvalue weighted by Gasteiger charge is -2.25. The summed E-state index contributed by atoms with van der Waals surface area (Å²) in [7, 11) is 0. The summed E-state index contributed by atoms with van der Waals surface area (Å²) in [6.07, 6.45) is 0. The van der Waals surface area contributed by atoms with Gasteiger partial charge < -0.3 is 4.74 Å². The van der Waals surface area contributed by atoms with Crippen LogP contribution >= 0.6 is 15.9 Å². The first-order valence-corrected chi connectivity index (χ1v) is 9.05. The van der Waals surface area contributed by atoms with Crippen LogP contribution in [0.4, 0.5) is 0 Å². The quantitative estimate of drug-likeness (QED) is 0.615. The van der Waals surface area contributed by atoms with Crippen molar-refractivity contribution in [2.24, 2.45) is 5.92 Å². The topological polar surface area (TPSA) is 29.5 Å². The monoisotopic (exact) mass is 389 g/mol. The lowest BCUT2D eigenvalue weighted by molar-refractivity contribution is -0.148. The van der Waals surface area contributed by atoms with E-state index < -0.39 is 0 Å². The second-order valence-corrected chi connectivity index (χ2v) is 6.75. The molecule has 4 heteroatoms. The zero-order chi connectivity index (χ0) is 17.4. The van der Waals surface area contributed by atoms with Gasteiger partial charge in [-0.15, -0.1) is 0 Å². The fourth-order valence-electron chi connectivity index (χ4n) is 2.64. The molecule has 0 amide bonds. The van der Waals surface area contributed by atoms with Gasteiger partial charge in [0, 0.05) is 24.1 Å². The summed E-state index contributed by atoms with van der Waals surface area (Å²) in [5.74, 6) is -0.293.